The lowest BCUT2D eigenvalue weighted by Gasteiger charge is -2.54. The second-order valence-corrected chi connectivity index (χ2v) is 8.77. The van der Waals surface area contributed by atoms with Crippen LogP contribution in [-0.2, 0) is 0 Å². The summed E-state index contributed by atoms with van der Waals surface area (Å²) in [6.07, 6.45) is 13.2. The van der Waals surface area contributed by atoms with E-state index < -0.39 is 0 Å². The second kappa shape index (κ2) is 7.97. The van der Waals surface area contributed by atoms with Gasteiger partial charge in [0.2, 0.25) is 0 Å². The topological polar surface area (TPSA) is 38.3 Å². The first-order valence-corrected chi connectivity index (χ1v) is 10.8. The van der Waals surface area contributed by atoms with Crippen molar-refractivity contribution in [1.29, 1.82) is 0 Å². The van der Waals surface area contributed by atoms with Crippen LogP contribution < -0.4 is 9.96 Å². The van der Waals surface area contributed by atoms with Crippen molar-refractivity contribution in [3.63, 3.8) is 0 Å². The highest BCUT2D eigenvalue weighted by molar-refractivity contribution is 5.47. The highest BCUT2D eigenvalue weighted by Gasteiger charge is 2.52. The van der Waals surface area contributed by atoms with Crippen molar-refractivity contribution in [2.75, 3.05) is 26.3 Å². The third-order valence-corrected chi connectivity index (χ3v) is 7.30. The van der Waals surface area contributed by atoms with E-state index in [1.54, 1.807) is 0 Å². The number of benzene rings is 1. The van der Waals surface area contributed by atoms with Gasteiger partial charge in [0.25, 0.3) is 0 Å². The fourth-order valence-electron chi connectivity index (χ4n) is 5.60. The molecule has 0 bridgehead atoms. The van der Waals surface area contributed by atoms with Gasteiger partial charge in [-0.3, -0.25) is 10.2 Å². The van der Waals surface area contributed by atoms with Gasteiger partial charge in [0, 0.05) is 32.0 Å². The van der Waals surface area contributed by atoms with Crippen LogP contribution in [0.15, 0.2) is 30.3 Å². The van der Waals surface area contributed by atoms with E-state index in [1.807, 2.05) is 30.3 Å². The van der Waals surface area contributed by atoms with Crippen LogP contribution in [0.2, 0.25) is 0 Å². The molecule has 3 fully saturated rings. The van der Waals surface area contributed by atoms with E-state index in [1.165, 1.54) is 51.4 Å². The molecular weight excluding hydrogens is 322 g/mol. The van der Waals surface area contributed by atoms with Crippen LogP contribution in [-0.4, -0.2) is 42.8 Å². The summed E-state index contributed by atoms with van der Waals surface area (Å²) >= 11 is 0. The molecule has 1 N–H and O–H groups in total. The van der Waals surface area contributed by atoms with E-state index in [0.717, 1.165) is 44.2 Å². The first kappa shape index (κ1) is 18.4. The number of hydroxylamine groups is 2. The average Bonchev–Trinajstić information content (AvgIpc) is 3.07. The van der Waals surface area contributed by atoms with Gasteiger partial charge in [-0.1, -0.05) is 56.7 Å². The maximum absolute atomic E-state index is 13.9. The lowest BCUT2D eigenvalue weighted by molar-refractivity contribution is 0.0617. The molecule has 2 aliphatic heterocycles. The van der Waals surface area contributed by atoms with Crippen LogP contribution in [0, 0.1) is 5.21 Å². The second-order valence-electron chi connectivity index (χ2n) is 8.77. The summed E-state index contributed by atoms with van der Waals surface area (Å²) in [5.74, 6) is 0. The molecule has 1 spiro atoms. The molecule has 4 nitrogen and oxygen atoms in total. The number of quaternary nitrogens is 1. The molecule has 2 heterocycles. The smallest absolute Gasteiger partial charge is 0.137 e. The normalized spacial score (nSPS) is 31.4. The molecule has 1 atom stereocenters. The average molecular weight is 358 g/mol. The molecular formula is C22H35N3O. The first-order chi connectivity index (χ1) is 12.7. The van der Waals surface area contributed by atoms with E-state index >= 15 is 0 Å². The fourth-order valence-corrected chi connectivity index (χ4v) is 5.60. The maximum Gasteiger partial charge on any atom is 0.137 e. The summed E-state index contributed by atoms with van der Waals surface area (Å²) in [6.45, 7) is 3.58. The molecule has 1 aliphatic carbocycles. The monoisotopic (exact) mass is 357 g/mol. The number of hydrogen-bond donors (Lipinski definition) is 1. The molecule has 1 aromatic rings. The quantitative estimate of drug-likeness (QED) is 0.630. The Balaban J connectivity index is 1.45. The predicted octanol–water partition coefficient (Wildman–Crippen LogP) is 4.39. The van der Waals surface area contributed by atoms with Gasteiger partial charge in [0.05, 0.1) is 6.54 Å². The number of hydrogen-bond acceptors (Lipinski definition) is 3. The molecule has 1 unspecified atom stereocenters. The summed E-state index contributed by atoms with van der Waals surface area (Å²) in [5.41, 5.74) is 0.754. The third kappa shape index (κ3) is 3.45. The summed E-state index contributed by atoms with van der Waals surface area (Å²) in [4.78, 5) is 2.73. The van der Waals surface area contributed by atoms with Crippen LogP contribution in [0.3, 0.4) is 0 Å². The largest absolute Gasteiger partial charge is 0.626 e. The third-order valence-electron chi connectivity index (χ3n) is 7.30. The number of likely N-dealkylation sites (tertiary alicyclic amines) is 1. The molecule has 3 aliphatic rings. The SMILES string of the molecule is [O-][N+]1(c2ccccc2)CNCC12CCN(C1CCCCCCCC1)CC2. The maximum atomic E-state index is 13.9. The Morgan fingerprint density at radius 3 is 2.19 bits per heavy atom. The van der Waals surface area contributed by atoms with E-state index in [0.29, 0.717) is 6.67 Å². The van der Waals surface area contributed by atoms with Gasteiger partial charge in [-0.15, -0.1) is 0 Å². The number of para-hydroxylation sites is 1. The lowest BCUT2D eigenvalue weighted by Crippen LogP contribution is -2.64. The highest BCUT2D eigenvalue weighted by atomic mass is 16.6. The van der Waals surface area contributed by atoms with Crippen LogP contribution in [0.1, 0.15) is 64.2 Å². The lowest BCUT2D eigenvalue weighted by atomic mass is 9.84. The van der Waals surface area contributed by atoms with E-state index in [-0.39, 0.29) is 10.2 Å². The van der Waals surface area contributed by atoms with Gasteiger partial charge in [0.1, 0.15) is 17.9 Å². The van der Waals surface area contributed by atoms with Crippen molar-refractivity contribution in [3.8, 4) is 0 Å². The Morgan fingerprint density at radius 1 is 0.923 bits per heavy atom. The number of piperidine rings is 1. The van der Waals surface area contributed by atoms with Crippen LogP contribution in [0.4, 0.5) is 5.69 Å². The molecule has 0 aromatic heterocycles. The van der Waals surface area contributed by atoms with Gasteiger partial charge in [0.15, 0.2) is 0 Å². The first-order valence-electron chi connectivity index (χ1n) is 10.8. The predicted molar refractivity (Wildman–Crippen MR) is 109 cm³/mol. The van der Waals surface area contributed by atoms with Crippen molar-refractivity contribution < 1.29 is 0 Å². The summed E-state index contributed by atoms with van der Waals surface area (Å²) < 4.78 is -0.174. The Bertz CT molecular complexity index is 560. The number of rotatable bonds is 2. The molecule has 1 aromatic carbocycles. The van der Waals surface area contributed by atoms with Crippen molar-refractivity contribution in [3.05, 3.63) is 35.5 Å². The zero-order valence-corrected chi connectivity index (χ0v) is 16.2. The molecule has 1 saturated carbocycles. The van der Waals surface area contributed by atoms with Gasteiger partial charge >= 0.3 is 0 Å². The minimum atomic E-state index is -0.174. The molecule has 0 radical (unpaired) electrons. The van der Waals surface area contributed by atoms with Crippen LogP contribution in [0.25, 0.3) is 0 Å². The Hall–Kier alpha value is -0.940. The van der Waals surface area contributed by atoms with Crippen LogP contribution >= 0.6 is 0 Å². The molecule has 0 amide bonds. The minimum absolute atomic E-state index is 0.170. The molecule has 26 heavy (non-hydrogen) atoms. The zero-order chi connectivity index (χ0) is 17.9. The Labute approximate surface area is 158 Å². The van der Waals surface area contributed by atoms with E-state index in [4.69, 9.17) is 0 Å². The van der Waals surface area contributed by atoms with Crippen molar-refractivity contribution >= 4 is 5.69 Å². The number of nitrogens with zero attached hydrogens (tertiary/aromatic N) is 2. The highest BCUT2D eigenvalue weighted by Crippen LogP contribution is 2.42. The van der Waals surface area contributed by atoms with Gasteiger partial charge < -0.3 is 9.85 Å². The van der Waals surface area contributed by atoms with Gasteiger partial charge in [-0.05, 0) is 25.0 Å². The molecule has 4 heteroatoms. The fraction of sp³-hybridized carbons (Fsp3) is 0.727. The Kier molecular flexibility index (Phi) is 5.65. The van der Waals surface area contributed by atoms with Crippen LogP contribution in [0.5, 0.6) is 0 Å². The van der Waals surface area contributed by atoms with E-state index in [9.17, 15) is 5.21 Å². The molecule has 2 saturated heterocycles. The van der Waals surface area contributed by atoms with Crippen molar-refractivity contribution in [2.24, 2.45) is 0 Å². The zero-order valence-electron chi connectivity index (χ0n) is 16.2. The van der Waals surface area contributed by atoms with Crippen molar-refractivity contribution in [2.45, 2.75) is 75.8 Å². The van der Waals surface area contributed by atoms with E-state index in [2.05, 4.69) is 10.2 Å². The molecule has 4 rings (SSSR count). The van der Waals surface area contributed by atoms with Gasteiger partial charge in [-0.25, -0.2) is 0 Å². The summed E-state index contributed by atoms with van der Waals surface area (Å²) in [5, 5.41) is 17.3. The Morgan fingerprint density at radius 2 is 1.54 bits per heavy atom. The standard InChI is InChI=1S/C22H35N3O/c26-25(21-12-8-5-9-13-21)19-23-18-22(25)14-16-24(17-15-22)20-10-6-3-1-2-4-7-11-20/h5,8-9,12-13,20,23H,1-4,6-7,10-11,14-19H2. The molecule has 144 valence electrons. The minimum Gasteiger partial charge on any atom is -0.626 e. The van der Waals surface area contributed by atoms with Gasteiger partial charge in [-0.2, -0.15) is 0 Å². The summed E-state index contributed by atoms with van der Waals surface area (Å²) in [7, 11) is 0. The number of nitrogens with one attached hydrogen (secondary N) is 1. The van der Waals surface area contributed by atoms with Crippen molar-refractivity contribution in [1.82, 2.24) is 14.9 Å². The summed E-state index contributed by atoms with van der Waals surface area (Å²) in [6, 6.07) is 10.8.